The summed E-state index contributed by atoms with van der Waals surface area (Å²) in [4.78, 5) is 41.9. The molecule has 8 nitrogen and oxygen atoms in total. The molecule has 29 heavy (non-hydrogen) atoms. The van der Waals surface area contributed by atoms with Crippen LogP contribution in [0.15, 0.2) is 44.4 Å². The molecule has 2 atom stereocenters. The second-order valence-corrected chi connectivity index (χ2v) is 8.43. The molecule has 148 valence electrons. The number of benzene rings is 1. The van der Waals surface area contributed by atoms with Gasteiger partial charge >= 0.3 is 0 Å². The van der Waals surface area contributed by atoms with Crippen LogP contribution in [0.1, 0.15) is 52.1 Å². The molecule has 0 radical (unpaired) electrons. The van der Waals surface area contributed by atoms with Crippen molar-refractivity contribution in [3.8, 4) is 0 Å². The number of carbonyl (C=O) groups excluding carboxylic acids is 2. The first-order valence-electron chi connectivity index (χ1n) is 9.69. The fourth-order valence-corrected chi connectivity index (χ4v) is 5.32. The van der Waals surface area contributed by atoms with Crippen molar-refractivity contribution in [1.29, 1.82) is 0 Å². The Kier molecular flexibility index (Phi) is 4.54. The number of fused-ring (bicyclic) bond motifs is 3. The van der Waals surface area contributed by atoms with E-state index in [-0.39, 0.29) is 42.4 Å². The summed E-state index contributed by atoms with van der Waals surface area (Å²) >= 11 is 1.54. The first-order chi connectivity index (χ1) is 14.1. The highest BCUT2D eigenvalue weighted by molar-refractivity contribution is 7.99. The third-order valence-electron chi connectivity index (χ3n) is 5.62. The lowest BCUT2D eigenvalue weighted by Crippen LogP contribution is -2.34. The normalized spacial score (nSPS) is 21.6. The van der Waals surface area contributed by atoms with Gasteiger partial charge in [0.25, 0.3) is 11.5 Å². The van der Waals surface area contributed by atoms with Gasteiger partial charge in [0.15, 0.2) is 5.16 Å². The third kappa shape index (κ3) is 3.19. The Hall–Kier alpha value is -2.81. The van der Waals surface area contributed by atoms with Crippen molar-refractivity contribution >= 4 is 23.6 Å². The number of nitrogens with zero attached hydrogens (tertiary/aromatic N) is 4. The second-order valence-electron chi connectivity index (χ2n) is 7.45. The van der Waals surface area contributed by atoms with Crippen LogP contribution in [0.5, 0.6) is 0 Å². The van der Waals surface area contributed by atoms with Gasteiger partial charge < -0.3 is 5.32 Å². The number of hydrogen-bond donors (Lipinski definition) is 1. The summed E-state index contributed by atoms with van der Waals surface area (Å²) in [5.74, 6) is 0.154. The molecule has 0 bridgehead atoms. The average Bonchev–Trinajstić information content (AvgIpc) is 3.35. The van der Waals surface area contributed by atoms with Crippen molar-refractivity contribution in [2.75, 3.05) is 12.3 Å². The second kappa shape index (κ2) is 7.22. The first kappa shape index (κ1) is 18.2. The highest BCUT2D eigenvalue weighted by atomic mass is 32.2. The van der Waals surface area contributed by atoms with E-state index in [2.05, 4.69) is 20.5 Å². The summed E-state index contributed by atoms with van der Waals surface area (Å²) in [5.41, 5.74) is 3.04. The van der Waals surface area contributed by atoms with Gasteiger partial charge in [-0.15, -0.1) is 5.11 Å². The Morgan fingerprint density at radius 1 is 1.24 bits per heavy atom. The van der Waals surface area contributed by atoms with Crippen LogP contribution < -0.4 is 10.9 Å². The van der Waals surface area contributed by atoms with Crippen LogP contribution in [-0.4, -0.2) is 33.7 Å². The largest absolute Gasteiger partial charge is 0.353 e. The van der Waals surface area contributed by atoms with Crippen LogP contribution in [0.4, 0.5) is 0 Å². The van der Waals surface area contributed by atoms with E-state index in [9.17, 15) is 14.4 Å². The van der Waals surface area contributed by atoms with Gasteiger partial charge in [0.2, 0.25) is 5.91 Å². The third-order valence-corrected chi connectivity index (χ3v) is 6.72. The van der Waals surface area contributed by atoms with Gasteiger partial charge in [0.05, 0.1) is 11.7 Å². The average molecular weight is 409 g/mol. The van der Waals surface area contributed by atoms with E-state index in [1.807, 2.05) is 12.1 Å². The monoisotopic (exact) mass is 409 g/mol. The predicted molar refractivity (Wildman–Crippen MR) is 106 cm³/mol. The van der Waals surface area contributed by atoms with E-state index < -0.39 is 0 Å². The Bertz CT molecular complexity index is 1110. The minimum absolute atomic E-state index is 0.0128. The zero-order valence-corrected chi connectivity index (χ0v) is 16.4. The number of thioether (sulfide) groups is 1. The minimum atomic E-state index is -0.384. The molecule has 0 fully saturated rings. The molecule has 2 unspecified atom stereocenters. The number of nitrogens with one attached hydrogen (secondary N) is 1. The van der Waals surface area contributed by atoms with Crippen molar-refractivity contribution in [2.45, 2.75) is 42.9 Å². The summed E-state index contributed by atoms with van der Waals surface area (Å²) in [5, 5.41) is 11.3. The Balaban J connectivity index is 1.27. The molecule has 1 aromatic heterocycles. The molecule has 0 saturated carbocycles. The van der Waals surface area contributed by atoms with Gasteiger partial charge in [0.1, 0.15) is 6.04 Å². The first-order valence-corrected chi connectivity index (χ1v) is 10.7. The van der Waals surface area contributed by atoms with Crippen LogP contribution in [0, 0.1) is 0 Å². The van der Waals surface area contributed by atoms with Crippen molar-refractivity contribution < 1.29 is 9.59 Å². The van der Waals surface area contributed by atoms with E-state index in [4.69, 9.17) is 0 Å². The Morgan fingerprint density at radius 3 is 3.00 bits per heavy atom. The van der Waals surface area contributed by atoms with E-state index >= 15 is 0 Å². The van der Waals surface area contributed by atoms with Gasteiger partial charge in [0, 0.05) is 29.8 Å². The van der Waals surface area contributed by atoms with Crippen LogP contribution >= 0.6 is 11.8 Å². The lowest BCUT2D eigenvalue weighted by atomic mass is 9.99. The maximum absolute atomic E-state index is 12.8. The Labute approximate surface area is 170 Å². The maximum Gasteiger partial charge on any atom is 0.295 e. The standard InChI is InChI=1S/C20H19N5O3S/c26-17(21-9-16-12-4-1-2-5-13(12)18(27)24-23-16)8-11-10-29-20-22-15-7-3-6-14(15)19(28)25(11)20/h1-2,4-5,11,16H,3,6-10H2,(H,21,26). The van der Waals surface area contributed by atoms with Gasteiger partial charge in [-0.25, -0.2) is 4.98 Å². The molecule has 1 N–H and O–H groups in total. The number of aryl methyl sites for hydroxylation is 1. The molecule has 1 aromatic carbocycles. The number of azo groups is 1. The molecular weight excluding hydrogens is 390 g/mol. The van der Waals surface area contributed by atoms with Crippen molar-refractivity contribution in [3.63, 3.8) is 0 Å². The molecule has 2 aliphatic heterocycles. The van der Waals surface area contributed by atoms with Crippen LogP contribution in [0.2, 0.25) is 0 Å². The number of rotatable bonds is 4. The molecule has 1 aliphatic carbocycles. The summed E-state index contributed by atoms with van der Waals surface area (Å²) in [6.45, 7) is 0.261. The zero-order chi connectivity index (χ0) is 20.0. The quantitative estimate of drug-likeness (QED) is 0.780. The van der Waals surface area contributed by atoms with Crippen molar-refractivity contribution in [3.05, 3.63) is 57.0 Å². The summed E-state index contributed by atoms with van der Waals surface area (Å²) < 4.78 is 1.70. The lowest BCUT2D eigenvalue weighted by Gasteiger charge is -2.19. The number of hydrogen-bond acceptors (Lipinski definition) is 6. The number of aromatic nitrogens is 2. The maximum atomic E-state index is 12.8. The fourth-order valence-electron chi connectivity index (χ4n) is 4.17. The highest BCUT2D eigenvalue weighted by Gasteiger charge is 2.31. The van der Waals surface area contributed by atoms with Crippen LogP contribution in [-0.2, 0) is 17.6 Å². The summed E-state index contributed by atoms with van der Waals surface area (Å²) in [6.07, 6.45) is 2.82. The van der Waals surface area contributed by atoms with Crippen molar-refractivity contribution in [2.24, 2.45) is 10.2 Å². The van der Waals surface area contributed by atoms with Crippen molar-refractivity contribution in [1.82, 2.24) is 14.9 Å². The van der Waals surface area contributed by atoms with Gasteiger partial charge in [-0.05, 0) is 30.9 Å². The van der Waals surface area contributed by atoms with Crippen LogP contribution in [0.3, 0.4) is 0 Å². The molecule has 3 heterocycles. The smallest absolute Gasteiger partial charge is 0.295 e. The molecule has 9 heteroatoms. The SMILES string of the molecule is O=C(CC1CSc2nc3c(c(=O)n21)CCC3)NCC1N=NC(=O)c2ccccc21. The van der Waals surface area contributed by atoms with Gasteiger partial charge in [-0.3, -0.25) is 19.0 Å². The zero-order valence-electron chi connectivity index (χ0n) is 15.6. The topological polar surface area (TPSA) is 106 Å². The molecule has 2 aromatic rings. The Morgan fingerprint density at radius 2 is 2.10 bits per heavy atom. The van der Waals surface area contributed by atoms with Gasteiger partial charge in [-0.2, -0.15) is 5.11 Å². The molecule has 0 spiro atoms. The van der Waals surface area contributed by atoms with E-state index in [1.165, 1.54) is 11.8 Å². The summed E-state index contributed by atoms with van der Waals surface area (Å²) in [6, 6.07) is 6.60. The van der Waals surface area contributed by atoms with E-state index in [1.54, 1.807) is 16.7 Å². The minimum Gasteiger partial charge on any atom is -0.353 e. The highest BCUT2D eigenvalue weighted by Crippen LogP contribution is 2.34. The van der Waals surface area contributed by atoms with E-state index in [0.29, 0.717) is 11.3 Å². The molecule has 3 aliphatic rings. The molecule has 5 rings (SSSR count). The molecule has 2 amide bonds. The predicted octanol–water partition coefficient (Wildman–Crippen LogP) is 2.23. The summed E-state index contributed by atoms with van der Waals surface area (Å²) in [7, 11) is 0. The van der Waals surface area contributed by atoms with Gasteiger partial charge in [-0.1, -0.05) is 30.0 Å². The molecule has 0 saturated heterocycles. The number of carbonyl (C=O) groups is 2. The number of amides is 2. The lowest BCUT2D eigenvalue weighted by molar-refractivity contribution is -0.121. The molecular formula is C20H19N5O3S. The van der Waals surface area contributed by atoms with E-state index in [0.717, 1.165) is 41.2 Å². The fraction of sp³-hybridized carbons (Fsp3) is 0.400. The van der Waals surface area contributed by atoms with Crippen LogP contribution in [0.25, 0.3) is 0 Å².